The molecule has 2 amide bonds. The molecule has 1 aliphatic heterocycles. The normalized spacial score (nSPS) is 14.5. The minimum absolute atomic E-state index is 0.196. The van der Waals surface area contributed by atoms with Crippen LogP contribution in [0.25, 0.3) is 0 Å². The molecule has 0 spiro atoms. The second-order valence-corrected chi connectivity index (χ2v) is 11.6. The SMILES string of the molecule is COc1cc(NC(=O)c2ccccc2Cl)ccc1C(=O)N1CCCC(OCCSc2ccncc2)c2cc(Cl)ccc21. The molecule has 0 aliphatic carbocycles. The number of hydrogen-bond acceptors (Lipinski definition) is 6. The summed E-state index contributed by atoms with van der Waals surface area (Å²) in [5.41, 5.74) is 2.85. The van der Waals surface area contributed by atoms with Gasteiger partial charge >= 0.3 is 0 Å². The van der Waals surface area contributed by atoms with E-state index >= 15 is 0 Å². The predicted octanol–water partition coefficient (Wildman–Crippen LogP) is 7.94. The van der Waals surface area contributed by atoms with Crippen LogP contribution in [0.1, 0.15) is 45.2 Å². The topological polar surface area (TPSA) is 80.8 Å². The zero-order valence-corrected chi connectivity index (χ0v) is 25.2. The summed E-state index contributed by atoms with van der Waals surface area (Å²) in [6, 6.07) is 21.3. The predicted molar refractivity (Wildman–Crippen MR) is 168 cm³/mol. The number of fused-ring (bicyclic) bond motifs is 1. The maximum atomic E-state index is 14.0. The van der Waals surface area contributed by atoms with Crippen molar-refractivity contribution in [3.8, 4) is 5.75 Å². The molecule has 1 atom stereocenters. The molecule has 216 valence electrons. The second-order valence-electron chi connectivity index (χ2n) is 9.54. The molecule has 1 aliphatic rings. The highest BCUT2D eigenvalue weighted by Crippen LogP contribution is 2.39. The number of pyridine rings is 1. The van der Waals surface area contributed by atoms with Crippen LogP contribution in [-0.2, 0) is 4.74 Å². The van der Waals surface area contributed by atoms with Gasteiger partial charge in [-0.2, -0.15) is 0 Å². The van der Waals surface area contributed by atoms with Crippen LogP contribution in [0.2, 0.25) is 10.0 Å². The average molecular weight is 623 g/mol. The number of carbonyl (C=O) groups is 2. The Kier molecular flexibility index (Phi) is 10.0. The highest BCUT2D eigenvalue weighted by molar-refractivity contribution is 7.99. The molecule has 1 aromatic heterocycles. The molecule has 7 nitrogen and oxygen atoms in total. The molecular formula is C32H29Cl2N3O4S. The third-order valence-electron chi connectivity index (χ3n) is 6.85. The van der Waals surface area contributed by atoms with Gasteiger partial charge in [0.15, 0.2) is 0 Å². The van der Waals surface area contributed by atoms with Crippen LogP contribution in [0.15, 0.2) is 90.1 Å². The van der Waals surface area contributed by atoms with E-state index in [2.05, 4.69) is 10.3 Å². The standard InChI is InChI=1S/C32H29Cl2N3O4S/c1-40-30-20-22(36-31(38)24-5-2-3-6-27(24)34)9-10-25(30)32(39)37-16-4-7-29(26-19-21(33)8-11-28(26)37)41-17-18-42-23-12-14-35-15-13-23/h2-3,5-6,8-15,19-20,29H,4,7,16-18H2,1H3,(H,36,38). The summed E-state index contributed by atoms with van der Waals surface area (Å²) in [5.74, 6) is 0.562. The van der Waals surface area contributed by atoms with E-state index in [1.54, 1.807) is 77.6 Å². The third kappa shape index (κ3) is 7.07. The van der Waals surface area contributed by atoms with E-state index in [0.717, 1.165) is 34.7 Å². The van der Waals surface area contributed by atoms with Gasteiger partial charge in [-0.3, -0.25) is 14.6 Å². The van der Waals surface area contributed by atoms with Gasteiger partial charge in [-0.25, -0.2) is 0 Å². The molecule has 4 aromatic rings. The molecule has 10 heteroatoms. The quantitative estimate of drug-likeness (QED) is 0.151. The highest BCUT2D eigenvalue weighted by Gasteiger charge is 2.29. The lowest BCUT2D eigenvalue weighted by Crippen LogP contribution is -2.32. The number of benzene rings is 3. The van der Waals surface area contributed by atoms with Crippen LogP contribution in [0, 0.1) is 0 Å². The van der Waals surface area contributed by atoms with Gasteiger partial charge in [-0.1, -0.05) is 35.3 Å². The number of nitrogens with one attached hydrogen (secondary N) is 1. The number of hydrogen-bond donors (Lipinski definition) is 1. The van der Waals surface area contributed by atoms with E-state index < -0.39 is 0 Å². The van der Waals surface area contributed by atoms with Gasteiger partial charge in [-0.15, -0.1) is 11.8 Å². The second kappa shape index (κ2) is 14.1. The lowest BCUT2D eigenvalue weighted by molar-refractivity contribution is 0.0589. The summed E-state index contributed by atoms with van der Waals surface area (Å²) in [4.78, 5) is 33.7. The Morgan fingerprint density at radius 2 is 1.83 bits per heavy atom. The molecule has 0 bridgehead atoms. The number of thioether (sulfide) groups is 1. The van der Waals surface area contributed by atoms with Crippen molar-refractivity contribution in [2.24, 2.45) is 0 Å². The number of carbonyl (C=O) groups excluding carboxylic acids is 2. The number of nitrogens with zero attached hydrogens (tertiary/aromatic N) is 2. The van der Waals surface area contributed by atoms with Crippen molar-refractivity contribution in [1.29, 1.82) is 0 Å². The average Bonchev–Trinajstić information content (AvgIpc) is 3.18. The van der Waals surface area contributed by atoms with Gasteiger partial charge in [0, 0.05) is 57.6 Å². The maximum Gasteiger partial charge on any atom is 0.262 e. The number of methoxy groups -OCH3 is 1. The first-order chi connectivity index (χ1) is 20.4. The first kappa shape index (κ1) is 29.9. The molecule has 2 heterocycles. The smallest absolute Gasteiger partial charge is 0.262 e. The van der Waals surface area contributed by atoms with Crippen molar-refractivity contribution in [3.63, 3.8) is 0 Å². The van der Waals surface area contributed by atoms with Crippen molar-refractivity contribution in [2.45, 2.75) is 23.8 Å². The van der Waals surface area contributed by atoms with E-state index in [-0.39, 0.29) is 17.9 Å². The van der Waals surface area contributed by atoms with Crippen molar-refractivity contribution in [1.82, 2.24) is 4.98 Å². The third-order valence-corrected chi connectivity index (χ3v) is 8.39. The van der Waals surface area contributed by atoms with Crippen molar-refractivity contribution < 1.29 is 19.1 Å². The fourth-order valence-electron chi connectivity index (χ4n) is 4.84. The summed E-state index contributed by atoms with van der Waals surface area (Å²) >= 11 is 14.3. The van der Waals surface area contributed by atoms with Crippen LogP contribution in [-0.4, -0.2) is 42.8 Å². The molecule has 42 heavy (non-hydrogen) atoms. The fourth-order valence-corrected chi connectivity index (χ4v) is 5.97. The van der Waals surface area contributed by atoms with Crippen molar-refractivity contribution >= 4 is 58.2 Å². The van der Waals surface area contributed by atoms with Gasteiger partial charge in [0.1, 0.15) is 5.75 Å². The Hall–Kier alpha value is -3.56. The van der Waals surface area contributed by atoms with E-state index in [1.165, 1.54) is 7.11 Å². The van der Waals surface area contributed by atoms with Crippen LogP contribution >= 0.6 is 35.0 Å². The number of ether oxygens (including phenoxy) is 2. The molecule has 5 rings (SSSR count). The Balaban J connectivity index is 1.33. The molecule has 0 saturated carbocycles. The van der Waals surface area contributed by atoms with Crippen LogP contribution in [0.4, 0.5) is 11.4 Å². The maximum absolute atomic E-state index is 14.0. The zero-order chi connectivity index (χ0) is 29.5. The number of amides is 2. The monoisotopic (exact) mass is 621 g/mol. The molecule has 0 radical (unpaired) electrons. The molecule has 0 fully saturated rings. The van der Waals surface area contributed by atoms with Gasteiger partial charge in [0.2, 0.25) is 0 Å². The Bertz CT molecular complexity index is 1570. The largest absolute Gasteiger partial charge is 0.496 e. The Labute approximate surface area is 259 Å². The highest BCUT2D eigenvalue weighted by atomic mass is 35.5. The molecule has 0 saturated heterocycles. The van der Waals surface area contributed by atoms with Crippen molar-refractivity contribution in [3.05, 3.63) is 112 Å². The summed E-state index contributed by atoms with van der Waals surface area (Å²) < 4.78 is 11.9. The molecule has 1 unspecified atom stereocenters. The first-order valence-electron chi connectivity index (χ1n) is 13.4. The summed E-state index contributed by atoms with van der Waals surface area (Å²) in [5, 5.41) is 3.76. The summed E-state index contributed by atoms with van der Waals surface area (Å²) in [6.07, 6.45) is 4.85. The molecule has 3 aromatic carbocycles. The Morgan fingerprint density at radius 3 is 2.62 bits per heavy atom. The summed E-state index contributed by atoms with van der Waals surface area (Å²) in [6.45, 7) is 1.06. The van der Waals surface area contributed by atoms with Gasteiger partial charge in [0.05, 0.1) is 36.0 Å². The first-order valence-corrected chi connectivity index (χ1v) is 15.2. The van der Waals surface area contributed by atoms with Gasteiger partial charge < -0.3 is 19.7 Å². The van der Waals surface area contributed by atoms with Crippen LogP contribution < -0.4 is 15.0 Å². The Morgan fingerprint density at radius 1 is 1.02 bits per heavy atom. The van der Waals surface area contributed by atoms with E-state index in [9.17, 15) is 9.59 Å². The number of anilines is 2. The van der Waals surface area contributed by atoms with Crippen LogP contribution in [0.5, 0.6) is 5.75 Å². The number of aromatic nitrogens is 1. The lowest BCUT2D eigenvalue weighted by atomic mass is 10.0. The molecular weight excluding hydrogens is 593 g/mol. The van der Waals surface area contributed by atoms with Gasteiger partial charge in [0.25, 0.3) is 11.8 Å². The van der Waals surface area contributed by atoms with Crippen LogP contribution in [0.3, 0.4) is 0 Å². The summed E-state index contributed by atoms with van der Waals surface area (Å²) in [7, 11) is 1.50. The van der Waals surface area contributed by atoms with Crippen molar-refractivity contribution in [2.75, 3.05) is 36.2 Å². The fraction of sp³-hybridized carbons (Fsp3) is 0.219. The van der Waals surface area contributed by atoms with E-state index in [4.69, 9.17) is 32.7 Å². The van der Waals surface area contributed by atoms with Gasteiger partial charge in [-0.05, 0) is 67.4 Å². The number of halogens is 2. The van der Waals surface area contributed by atoms with E-state index in [1.807, 2.05) is 24.3 Å². The number of rotatable bonds is 9. The zero-order valence-electron chi connectivity index (χ0n) is 22.9. The minimum atomic E-state index is -0.356. The molecule has 1 N–H and O–H groups in total. The van der Waals surface area contributed by atoms with E-state index in [0.29, 0.717) is 45.8 Å². The lowest BCUT2D eigenvalue weighted by Gasteiger charge is -2.25. The minimum Gasteiger partial charge on any atom is -0.496 e.